The van der Waals surface area contributed by atoms with Gasteiger partial charge >= 0.3 is 0 Å². The molecule has 3 aromatic carbocycles. The van der Waals surface area contributed by atoms with Crippen molar-refractivity contribution in [2.75, 3.05) is 5.32 Å². The number of benzene rings is 3. The van der Waals surface area contributed by atoms with E-state index < -0.39 is 0 Å². The molecule has 4 nitrogen and oxygen atoms in total. The van der Waals surface area contributed by atoms with Crippen LogP contribution in [-0.4, -0.2) is 5.91 Å². The third kappa shape index (κ3) is 3.51. The number of aryl methyl sites for hydroxylation is 1. The number of amides is 1. The van der Waals surface area contributed by atoms with E-state index in [4.69, 9.17) is 4.42 Å². The third-order valence-corrected chi connectivity index (χ3v) is 4.39. The highest BCUT2D eigenvalue weighted by atomic mass is 16.3. The standard InChI is InChI=1S/C23H17NO3/c1-15-6-10-21-20(12-15)23(26)18(14-27-21)8-11-22(25)24-19-9-7-16-4-2-3-5-17(16)13-19/h2-14H,1H3,(H,24,25)/b11-8+. The Balaban J connectivity index is 1.56. The van der Waals surface area contributed by atoms with Crippen molar-refractivity contribution in [3.63, 3.8) is 0 Å². The molecule has 1 N–H and O–H groups in total. The lowest BCUT2D eigenvalue weighted by atomic mass is 10.1. The van der Waals surface area contributed by atoms with Crippen LogP contribution in [0.2, 0.25) is 0 Å². The average Bonchev–Trinajstić information content (AvgIpc) is 2.68. The van der Waals surface area contributed by atoms with Crippen molar-refractivity contribution < 1.29 is 9.21 Å². The number of nitrogens with one attached hydrogen (secondary N) is 1. The molecule has 1 heterocycles. The Morgan fingerprint density at radius 1 is 1.00 bits per heavy atom. The van der Waals surface area contributed by atoms with Crippen molar-refractivity contribution in [2.24, 2.45) is 0 Å². The second-order valence-electron chi connectivity index (χ2n) is 6.40. The lowest BCUT2D eigenvalue weighted by molar-refractivity contribution is -0.111. The Hall–Kier alpha value is -3.66. The summed E-state index contributed by atoms with van der Waals surface area (Å²) < 4.78 is 5.49. The normalized spacial score (nSPS) is 11.3. The fourth-order valence-corrected chi connectivity index (χ4v) is 2.99. The van der Waals surface area contributed by atoms with E-state index >= 15 is 0 Å². The molecule has 0 unspecified atom stereocenters. The highest BCUT2D eigenvalue weighted by molar-refractivity contribution is 6.03. The van der Waals surface area contributed by atoms with Gasteiger partial charge in [-0.3, -0.25) is 9.59 Å². The lowest BCUT2D eigenvalue weighted by Crippen LogP contribution is -2.09. The second-order valence-corrected chi connectivity index (χ2v) is 6.40. The zero-order chi connectivity index (χ0) is 18.8. The minimum atomic E-state index is -0.311. The average molecular weight is 355 g/mol. The summed E-state index contributed by atoms with van der Waals surface area (Å²) >= 11 is 0. The van der Waals surface area contributed by atoms with E-state index in [0.29, 0.717) is 22.2 Å². The highest BCUT2D eigenvalue weighted by Crippen LogP contribution is 2.19. The number of fused-ring (bicyclic) bond motifs is 2. The van der Waals surface area contributed by atoms with E-state index in [-0.39, 0.29) is 11.3 Å². The van der Waals surface area contributed by atoms with Crippen LogP contribution in [0.3, 0.4) is 0 Å². The van der Waals surface area contributed by atoms with Crippen LogP contribution in [0.25, 0.3) is 27.8 Å². The first-order valence-electron chi connectivity index (χ1n) is 8.60. The van der Waals surface area contributed by atoms with Gasteiger partial charge in [-0.2, -0.15) is 0 Å². The van der Waals surface area contributed by atoms with Gasteiger partial charge in [0.1, 0.15) is 11.8 Å². The molecule has 0 saturated heterocycles. The maximum Gasteiger partial charge on any atom is 0.248 e. The van der Waals surface area contributed by atoms with Crippen LogP contribution < -0.4 is 10.7 Å². The van der Waals surface area contributed by atoms with E-state index in [9.17, 15) is 9.59 Å². The molecule has 1 aromatic heterocycles. The van der Waals surface area contributed by atoms with Gasteiger partial charge in [0.05, 0.1) is 10.9 Å². The smallest absolute Gasteiger partial charge is 0.248 e. The van der Waals surface area contributed by atoms with Crippen LogP contribution in [0.1, 0.15) is 11.1 Å². The minimum absolute atomic E-state index is 0.158. The van der Waals surface area contributed by atoms with Gasteiger partial charge in [-0.05, 0) is 48.0 Å². The van der Waals surface area contributed by atoms with Crippen LogP contribution in [0, 0.1) is 6.92 Å². The van der Waals surface area contributed by atoms with Crippen molar-refractivity contribution in [3.05, 3.63) is 94.4 Å². The summed E-state index contributed by atoms with van der Waals surface area (Å²) in [5.74, 6) is -0.311. The fourth-order valence-electron chi connectivity index (χ4n) is 2.99. The molecule has 1 amide bonds. The van der Waals surface area contributed by atoms with Gasteiger partial charge in [-0.25, -0.2) is 0 Å². The lowest BCUT2D eigenvalue weighted by Gasteiger charge is -2.04. The monoisotopic (exact) mass is 355 g/mol. The first kappa shape index (κ1) is 16.8. The van der Waals surface area contributed by atoms with Gasteiger partial charge in [0.25, 0.3) is 0 Å². The number of anilines is 1. The fraction of sp³-hybridized carbons (Fsp3) is 0.0435. The van der Waals surface area contributed by atoms with Crippen molar-refractivity contribution in [1.29, 1.82) is 0 Å². The van der Waals surface area contributed by atoms with Crippen LogP contribution >= 0.6 is 0 Å². The molecule has 4 heteroatoms. The van der Waals surface area contributed by atoms with E-state index in [0.717, 1.165) is 16.3 Å². The Morgan fingerprint density at radius 2 is 1.81 bits per heavy atom. The molecule has 0 bridgehead atoms. The summed E-state index contributed by atoms with van der Waals surface area (Å²) in [5.41, 5.74) is 2.38. The van der Waals surface area contributed by atoms with Gasteiger partial charge < -0.3 is 9.73 Å². The first-order chi connectivity index (χ1) is 13.1. The number of carbonyl (C=O) groups is 1. The maximum absolute atomic E-state index is 12.6. The topological polar surface area (TPSA) is 59.3 Å². The zero-order valence-corrected chi connectivity index (χ0v) is 14.7. The quantitative estimate of drug-likeness (QED) is 0.531. The summed E-state index contributed by atoms with van der Waals surface area (Å²) in [6.45, 7) is 1.92. The molecule has 0 aliphatic rings. The van der Waals surface area contributed by atoms with E-state index in [1.54, 1.807) is 12.1 Å². The van der Waals surface area contributed by atoms with Gasteiger partial charge in [0, 0.05) is 11.8 Å². The summed E-state index contributed by atoms with van der Waals surface area (Å²) in [6.07, 6.45) is 4.19. The van der Waals surface area contributed by atoms with Crippen molar-refractivity contribution in [2.45, 2.75) is 6.92 Å². The van der Waals surface area contributed by atoms with E-state index in [2.05, 4.69) is 5.32 Å². The molecule has 132 valence electrons. The Bertz CT molecular complexity index is 1250. The van der Waals surface area contributed by atoms with Gasteiger partial charge in [-0.1, -0.05) is 42.0 Å². The van der Waals surface area contributed by atoms with E-state index in [1.165, 1.54) is 18.4 Å². The zero-order valence-electron chi connectivity index (χ0n) is 14.7. The Morgan fingerprint density at radius 3 is 2.67 bits per heavy atom. The molecule has 0 aliphatic heterocycles. The first-order valence-corrected chi connectivity index (χ1v) is 8.60. The molecule has 0 radical (unpaired) electrons. The highest BCUT2D eigenvalue weighted by Gasteiger charge is 2.06. The van der Waals surface area contributed by atoms with Crippen molar-refractivity contribution in [1.82, 2.24) is 0 Å². The molecule has 0 spiro atoms. The number of carbonyl (C=O) groups excluding carboxylic acids is 1. The molecular weight excluding hydrogens is 338 g/mol. The molecule has 0 aliphatic carbocycles. The number of rotatable bonds is 3. The predicted molar refractivity (Wildman–Crippen MR) is 109 cm³/mol. The predicted octanol–water partition coefficient (Wildman–Crippen LogP) is 4.91. The van der Waals surface area contributed by atoms with Crippen LogP contribution in [0.4, 0.5) is 5.69 Å². The maximum atomic E-state index is 12.6. The molecule has 4 rings (SSSR count). The Kier molecular flexibility index (Phi) is 4.30. The summed E-state index contributed by atoms with van der Waals surface area (Å²) in [7, 11) is 0. The summed E-state index contributed by atoms with van der Waals surface area (Å²) in [5, 5.41) is 5.47. The van der Waals surface area contributed by atoms with Crippen LogP contribution in [0.5, 0.6) is 0 Å². The molecule has 0 saturated carbocycles. The van der Waals surface area contributed by atoms with Crippen LogP contribution in [-0.2, 0) is 4.79 Å². The molecule has 0 atom stereocenters. The van der Waals surface area contributed by atoms with Gasteiger partial charge in [0.15, 0.2) is 5.43 Å². The largest absolute Gasteiger partial charge is 0.463 e. The minimum Gasteiger partial charge on any atom is -0.463 e. The SMILES string of the molecule is Cc1ccc2occ(/C=C/C(=O)Nc3ccc4ccccc4c3)c(=O)c2c1. The number of hydrogen-bond donors (Lipinski definition) is 1. The molecule has 0 fully saturated rings. The second kappa shape index (κ2) is 6.92. The molecular formula is C23H17NO3. The summed E-state index contributed by atoms with van der Waals surface area (Å²) in [4.78, 5) is 24.8. The summed E-state index contributed by atoms with van der Waals surface area (Å²) in [6, 6.07) is 19.1. The molecule has 4 aromatic rings. The van der Waals surface area contributed by atoms with Crippen LogP contribution in [0.15, 0.2) is 82.2 Å². The van der Waals surface area contributed by atoms with Crippen molar-refractivity contribution in [3.8, 4) is 0 Å². The molecule has 27 heavy (non-hydrogen) atoms. The Labute approximate surface area is 155 Å². The van der Waals surface area contributed by atoms with E-state index in [1.807, 2.05) is 55.5 Å². The number of hydrogen-bond acceptors (Lipinski definition) is 3. The van der Waals surface area contributed by atoms with Gasteiger partial charge in [0.2, 0.25) is 5.91 Å². The van der Waals surface area contributed by atoms with Gasteiger partial charge in [-0.15, -0.1) is 0 Å². The third-order valence-electron chi connectivity index (χ3n) is 4.39. The van der Waals surface area contributed by atoms with Crippen molar-refractivity contribution >= 4 is 39.4 Å².